The van der Waals surface area contributed by atoms with E-state index in [1.807, 2.05) is 36.4 Å². The summed E-state index contributed by atoms with van der Waals surface area (Å²) in [6.45, 7) is 0. The Kier molecular flexibility index (Phi) is 4.86. The van der Waals surface area contributed by atoms with E-state index in [-0.39, 0.29) is 0 Å². The number of halogens is 2. The average Bonchev–Trinajstić information content (AvgIpc) is 2.34. The molecular weight excluding hydrogens is 446 g/mol. The lowest BCUT2D eigenvalue weighted by Crippen LogP contribution is -2.03. The lowest BCUT2D eigenvalue weighted by Gasteiger charge is -2.06. The van der Waals surface area contributed by atoms with Gasteiger partial charge in [0.25, 0.3) is 0 Å². The molecule has 2 rings (SSSR count). The van der Waals surface area contributed by atoms with E-state index in [1.54, 1.807) is 12.1 Å². The first-order valence-electron chi connectivity index (χ1n) is 4.77. The molecule has 2 aromatic rings. The molecule has 2 aromatic carbocycles. The molecule has 0 aliphatic rings. The monoisotopic (exact) mass is 454 g/mol. The van der Waals surface area contributed by atoms with Crippen molar-refractivity contribution in [3.63, 3.8) is 0 Å². The maximum absolute atomic E-state index is 5.06. The van der Waals surface area contributed by atoms with E-state index in [0.717, 1.165) is 7.14 Å². The van der Waals surface area contributed by atoms with Crippen LogP contribution in [-0.2, 0) is 5.04 Å². The third-order valence-corrected chi connectivity index (χ3v) is 3.70. The van der Waals surface area contributed by atoms with E-state index in [1.165, 1.54) is 0 Å². The van der Waals surface area contributed by atoms with Crippen molar-refractivity contribution >= 4 is 45.2 Å². The third-order valence-electron chi connectivity index (χ3n) is 1.92. The Morgan fingerprint density at radius 3 is 1.47 bits per heavy atom. The van der Waals surface area contributed by atoms with Crippen molar-refractivity contribution in [3.8, 4) is 11.5 Å². The smallest absolute Gasteiger partial charge is 0.182 e. The van der Waals surface area contributed by atoms with Crippen LogP contribution in [0.5, 0.6) is 11.5 Å². The Morgan fingerprint density at radius 1 is 0.647 bits per heavy atom. The molecule has 0 aromatic heterocycles. The van der Waals surface area contributed by atoms with E-state index < -0.39 is 0 Å². The second-order valence-corrected chi connectivity index (χ2v) is 5.42. The second-order valence-electron chi connectivity index (χ2n) is 3.10. The highest BCUT2D eigenvalue weighted by atomic mass is 127. The third kappa shape index (κ3) is 3.71. The maximum Gasteiger partial charge on any atom is 0.182 e. The lowest BCUT2D eigenvalue weighted by molar-refractivity contribution is -0.411. The topological polar surface area (TPSA) is 27.7 Å². The quantitative estimate of drug-likeness (QED) is 0.394. The SMILES string of the molecule is Ic1ccccc1OOOc1ccccc1I. The predicted octanol–water partition coefficient (Wildman–Crippen LogP) is 4.20. The Bertz CT molecular complexity index is 457. The van der Waals surface area contributed by atoms with Gasteiger partial charge in [0.2, 0.25) is 0 Å². The largest absolute Gasteiger partial charge is 0.298 e. The lowest BCUT2D eigenvalue weighted by atomic mass is 10.3. The van der Waals surface area contributed by atoms with Crippen LogP contribution < -0.4 is 9.78 Å². The second kappa shape index (κ2) is 6.41. The van der Waals surface area contributed by atoms with Gasteiger partial charge in [-0.05, 0) is 69.4 Å². The molecule has 88 valence electrons. The number of hydrogen-bond donors (Lipinski definition) is 0. The fourth-order valence-corrected chi connectivity index (χ4v) is 2.07. The maximum atomic E-state index is 5.06. The molecule has 0 radical (unpaired) electrons. The van der Waals surface area contributed by atoms with E-state index in [4.69, 9.17) is 14.8 Å². The van der Waals surface area contributed by atoms with Crippen LogP contribution in [0.15, 0.2) is 48.5 Å². The summed E-state index contributed by atoms with van der Waals surface area (Å²) in [7, 11) is 0. The molecule has 0 atom stereocenters. The van der Waals surface area contributed by atoms with Gasteiger partial charge in [0.05, 0.1) is 7.14 Å². The summed E-state index contributed by atoms with van der Waals surface area (Å²) in [6, 6.07) is 15.0. The van der Waals surface area contributed by atoms with Gasteiger partial charge in [-0.3, -0.25) is 9.78 Å². The van der Waals surface area contributed by atoms with Crippen molar-refractivity contribution in [2.75, 3.05) is 0 Å². The standard InChI is InChI=1S/C12H8I2O3/c13-9-5-1-3-7-11(9)15-17-16-12-8-4-2-6-10(12)14/h1-8H. The fourth-order valence-electron chi connectivity index (χ4n) is 1.11. The van der Waals surface area contributed by atoms with Crippen molar-refractivity contribution in [2.45, 2.75) is 0 Å². The van der Waals surface area contributed by atoms with Crippen LogP contribution in [0.2, 0.25) is 0 Å². The van der Waals surface area contributed by atoms with Gasteiger partial charge in [-0.1, -0.05) is 24.3 Å². The number of hydrogen-bond acceptors (Lipinski definition) is 3. The molecule has 0 spiro atoms. The molecule has 0 amide bonds. The minimum absolute atomic E-state index is 0.624. The normalized spacial score (nSPS) is 10.0. The van der Waals surface area contributed by atoms with Gasteiger partial charge >= 0.3 is 0 Å². The van der Waals surface area contributed by atoms with Gasteiger partial charge in [0.15, 0.2) is 11.5 Å². The highest BCUT2D eigenvalue weighted by Crippen LogP contribution is 2.22. The van der Waals surface area contributed by atoms with Crippen LogP contribution in [0.4, 0.5) is 0 Å². The molecule has 17 heavy (non-hydrogen) atoms. The van der Waals surface area contributed by atoms with Gasteiger partial charge in [-0.2, -0.15) is 0 Å². The molecule has 0 bridgehead atoms. The van der Waals surface area contributed by atoms with Crippen LogP contribution in [0, 0.1) is 7.14 Å². The van der Waals surface area contributed by atoms with Crippen molar-refractivity contribution in [1.82, 2.24) is 0 Å². The summed E-state index contributed by atoms with van der Waals surface area (Å²) in [6.07, 6.45) is 0. The zero-order chi connectivity index (χ0) is 12.1. The van der Waals surface area contributed by atoms with Crippen LogP contribution in [0.1, 0.15) is 0 Å². The molecule has 0 unspecified atom stereocenters. The molecular formula is C12H8I2O3. The fraction of sp³-hybridized carbons (Fsp3) is 0. The van der Waals surface area contributed by atoms with Crippen molar-refractivity contribution < 1.29 is 14.8 Å². The first-order valence-corrected chi connectivity index (χ1v) is 6.93. The van der Waals surface area contributed by atoms with Crippen molar-refractivity contribution in [2.24, 2.45) is 0 Å². The zero-order valence-corrected chi connectivity index (χ0v) is 12.9. The van der Waals surface area contributed by atoms with Gasteiger partial charge in [-0.25, -0.2) is 0 Å². The zero-order valence-electron chi connectivity index (χ0n) is 8.60. The van der Waals surface area contributed by atoms with Crippen LogP contribution in [0.3, 0.4) is 0 Å². The molecule has 0 N–H and O–H groups in total. The molecule has 0 fully saturated rings. The minimum atomic E-state index is 0.624. The molecule has 0 aliphatic heterocycles. The Balaban J connectivity index is 1.93. The first kappa shape index (κ1) is 12.9. The highest BCUT2D eigenvalue weighted by molar-refractivity contribution is 14.1. The van der Waals surface area contributed by atoms with E-state index in [2.05, 4.69) is 45.2 Å². The van der Waals surface area contributed by atoms with E-state index in [0.29, 0.717) is 11.5 Å². The van der Waals surface area contributed by atoms with E-state index in [9.17, 15) is 0 Å². The summed E-state index contributed by atoms with van der Waals surface area (Å²) >= 11 is 4.32. The summed E-state index contributed by atoms with van der Waals surface area (Å²) in [4.78, 5) is 10.1. The number of rotatable bonds is 4. The average molecular weight is 454 g/mol. The summed E-state index contributed by atoms with van der Waals surface area (Å²) in [5, 5.41) is 4.76. The Morgan fingerprint density at radius 2 is 1.06 bits per heavy atom. The van der Waals surface area contributed by atoms with Crippen LogP contribution in [0.25, 0.3) is 0 Å². The molecule has 0 aliphatic carbocycles. The van der Waals surface area contributed by atoms with Crippen LogP contribution >= 0.6 is 45.2 Å². The van der Waals surface area contributed by atoms with Gasteiger partial charge in [0, 0.05) is 5.04 Å². The first-order chi connectivity index (χ1) is 8.27. The number of para-hydroxylation sites is 2. The Labute approximate surface area is 126 Å². The van der Waals surface area contributed by atoms with Crippen molar-refractivity contribution in [1.29, 1.82) is 0 Å². The summed E-state index contributed by atoms with van der Waals surface area (Å²) in [5.74, 6) is 1.25. The predicted molar refractivity (Wildman–Crippen MR) is 80.7 cm³/mol. The highest BCUT2D eigenvalue weighted by Gasteiger charge is 2.03. The van der Waals surface area contributed by atoms with Gasteiger partial charge in [0.1, 0.15) is 0 Å². The minimum Gasteiger partial charge on any atom is -0.298 e. The van der Waals surface area contributed by atoms with Gasteiger partial charge < -0.3 is 0 Å². The Hall–Kier alpha value is -0.540. The van der Waals surface area contributed by atoms with E-state index >= 15 is 0 Å². The van der Waals surface area contributed by atoms with Crippen molar-refractivity contribution in [3.05, 3.63) is 55.7 Å². The summed E-state index contributed by atoms with van der Waals surface area (Å²) < 4.78 is 1.91. The van der Waals surface area contributed by atoms with Crippen LogP contribution in [-0.4, -0.2) is 0 Å². The van der Waals surface area contributed by atoms with Gasteiger partial charge in [-0.15, -0.1) is 0 Å². The molecule has 0 saturated heterocycles. The molecule has 5 heteroatoms. The molecule has 3 nitrogen and oxygen atoms in total. The summed E-state index contributed by atoms with van der Waals surface area (Å²) in [5.41, 5.74) is 0. The molecule has 0 saturated carbocycles. The number of benzene rings is 2. The molecule has 0 heterocycles.